The predicted molar refractivity (Wildman–Crippen MR) is 190 cm³/mol. The number of hydrogen-bond acceptors (Lipinski definition) is 4. The lowest BCUT2D eigenvalue weighted by Crippen LogP contribution is -1.88. The van der Waals surface area contributed by atoms with Gasteiger partial charge in [0.25, 0.3) is 0 Å². The van der Waals surface area contributed by atoms with E-state index in [9.17, 15) is 19.2 Å². The number of aldehydes is 4. The van der Waals surface area contributed by atoms with Gasteiger partial charge in [-0.2, -0.15) is 0 Å². The largest absolute Gasteiger partial charge is 0.298 e. The second-order valence-corrected chi connectivity index (χ2v) is 11.1. The highest BCUT2D eigenvalue weighted by Crippen LogP contribution is 2.30. The van der Waals surface area contributed by atoms with Crippen LogP contribution in [0.15, 0.2) is 133 Å². The van der Waals surface area contributed by atoms with Crippen molar-refractivity contribution in [1.82, 2.24) is 0 Å². The predicted octanol–water partition coefficient (Wildman–Crippen LogP) is 9.01. The van der Waals surface area contributed by atoms with E-state index in [4.69, 9.17) is 0 Å². The maximum Gasteiger partial charge on any atom is 0.150 e. The molecule has 0 spiro atoms. The maximum absolute atomic E-state index is 11.2. The third-order valence-electron chi connectivity index (χ3n) is 7.86. The second kappa shape index (κ2) is 14.5. The average molecular weight is 619 g/mol. The maximum atomic E-state index is 11.2. The van der Waals surface area contributed by atoms with E-state index in [1.807, 2.05) is 72.8 Å². The van der Waals surface area contributed by atoms with Crippen molar-refractivity contribution in [3.8, 4) is 68.2 Å². The Morgan fingerprint density at radius 2 is 0.521 bits per heavy atom. The van der Waals surface area contributed by atoms with Gasteiger partial charge < -0.3 is 0 Å². The van der Waals surface area contributed by atoms with Crippen LogP contribution in [-0.2, 0) is 0 Å². The molecule has 0 saturated heterocycles. The van der Waals surface area contributed by atoms with Gasteiger partial charge in [0, 0.05) is 33.4 Å². The molecule has 0 aromatic heterocycles. The summed E-state index contributed by atoms with van der Waals surface area (Å²) in [6.07, 6.45) is 3.26. The summed E-state index contributed by atoms with van der Waals surface area (Å²) in [5, 5.41) is 0. The van der Waals surface area contributed by atoms with Crippen LogP contribution in [0.5, 0.6) is 0 Å². The molecule has 0 saturated carbocycles. The molecule has 0 atom stereocenters. The topological polar surface area (TPSA) is 68.3 Å². The molecule has 0 radical (unpaired) electrons. The molecular formula is C44H26O4. The molecule has 48 heavy (non-hydrogen) atoms. The van der Waals surface area contributed by atoms with Crippen LogP contribution >= 0.6 is 0 Å². The zero-order valence-corrected chi connectivity index (χ0v) is 25.6. The summed E-state index contributed by atoms with van der Waals surface area (Å²) in [7, 11) is 0. The van der Waals surface area contributed by atoms with Crippen molar-refractivity contribution in [2.24, 2.45) is 0 Å². The number of benzene rings is 6. The second-order valence-electron chi connectivity index (χ2n) is 11.1. The number of rotatable bonds is 8. The van der Waals surface area contributed by atoms with E-state index in [1.165, 1.54) is 0 Å². The Morgan fingerprint density at radius 3 is 0.729 bits per heavy atom. The molecule has 0 aliphatic carbocycles. The van der Waals surface area contributed by atoms with Crippen LogP contribution in [0.4, 0.5) is 0 Å². The van der Waals surface area contributed by atoms with Gasteiger partial charge in [-0.1, -0.05) is 109 Å². The lowest BCUT2D eigenvalue weighted by Gasteiger charge is -2.09. The Labute approximate surface area is 278 Å². The smallest absolute Gasteiger partial charge is 0.150 e. The standard InChI is InChI=1S/C44H26O4/c45-27-31-5-13-37(14-6-31)41-21-35(22-42(25-41)38-15-7-32(28-46)8-16-38)3-1-2-4-36-23-43(39-17-9-33(29-47)10-18-39)26-44(24-36)40-19-11-34(30-48)12-20-40/h5-30H. The van der Waals surface area contributed by atoms with Crippen molar-refractivity contribution < 1.29 is 19.2 Å². The van der Waals surface area contributed by atoms with Gasteiger partial charge in [0.2, 0.25) is 0 Å². The molecule has 6 aromatic rings. The molecular weight excluding hydrogens is 592 g/mol. The molecule has 0 fully saturated rings. The Bertz CT molecular complexity index is 1970. The van der Waals surface area contributed by atoms with E-state index >= 15 is 0 Å². The lowest BCUT2D eigenvalue weighted by molar-refractivity contribution is 0.111. The highest BCUT2D eigenvalue weighted by molar-refractivity contribution is 5.82. The van der Waals surface area contributed by atoms with Crippen molar-refractivity contribution in [2.45, 2.75) is 0 Å². The summed E-state index contributed by atoms with van der Waals surface area (Å²) in [5.74, 6) is 12.4. The van der Waals surface area contributed by atoms with E-state index in [0.717, 1.165) is 80.8 Å². The van der Waals surface area contributed by atoms with Gasteiger partial charge in [-0.25, -0.2) is 0 Å². The molecule has 6 aromatic carbocycles. The summed E-state index contributed by atoms with van der Waals surface area (Å²) >= 11 is 0. The van der Waals surface area contributed by atoms with E-state index in [-0.39, 0.29) is 0 Å². The molecule has 0 unspecified atom stereocenters. The highest BCUT2D eigenvalue weighted by atomic mass is 16.1. The summed E-state index contributed by atoms with van der Waals surface area (Å²) < 4.78 is 0. The van der Waals surface area contributed by atoms with Gasteiger partial charge in [-0.05, 0) is 92.7 Å². The first kappa shape index (κ1) is 31.1. The fourth-order valence-corrected chi connectivity index (χ4v) is 5.29. The monoisotopic (exact) mass is 618 g/mol. The van der Waals surface area contributed by atoms with Crippen molar-refractivity contribution in [2.75, 3.05) is 0 Å². The molecule has 4 nitrogen and oxygen atoms in total. The van der Waals surface area contributed by atoms with Gasteiger partial charge in [0.15, 0.2) is 0 Å². The van der Waals surface area contributed by atoms with E-state index in [0.29, 0.717) is 22.3 Å². The zero-order valence-electron chi connectivity index (χ0n) is 25.6. The number of carbonyl (C=O) groups excluding carboxylic acids is 4. The molecule has 0 aliphatic heterocycles. The summed E-state index contributed by atoms with van der Waals surface area (Å²) in [6, 6.07) is 41.5. The average Bonchev–Trinajstić information content (AvgIpc) is 3.16. The molecule has 4 heteroatoms. The summed E-state index contributed by atoms with van der Waals surface area (Å²) in [5.41, 5.74) is 11.4. The van der Waals surface area contributed by atoms with Crippen molar-refractivity contribution in [3.63, 3.8) is 0 Å². The molecule has 0 amide bonds. The SMILES string of the molecule is O=Cc1ccc(-c2cc(C#CC#Cc3cc(-c4ccc(C=O)cc4)cc(-c4ccc(C=O)cc4)c3)cc(-c3ccc(C=O)cc3)c2)cc1. The molecule has 0 aliphatic rings. The third-order valence-corrected chi connectivity index (χ3v) is 7.86. The van der Waals surface area contributed by atoms with Crippen LogP contribution in [0.1, 0.15) is 52.6 Å². The zero-order chi connectivity index (χ0) is 33.3. The quantitative estimate of drug-likeness (QED) is 0.126. The van der Waals surface area contributed by atoms with Crippen LogP contribution in [-0.4, -0.2) is 25.1 Å². The van der Waals surface area contributed by atoms with Crippen LogP contribution in [0.2, 0.25) is 0 Å². The van der Waals surface area contributed by atoms with E-state index in [2.05, 4.69) is 35.8 Å². The van der Waals surface area contributed by atoms with Crippen molar-refractivity contribution in [1.29, 1.82) is 0 Å². The summed E-state index contributed by atoms with van der Waals surface area (Å²) in [6.45, 7) is 0. The molecule has 0 bridgehead atoms. The fraction of sp³-hybridized carbons (Fsp3) is 0. The highest BCUT2D eigenvalue weighted by Gasteiger charge is 2.08. The van der Waals surface area contributed by atoms with Gasteiger partial charge >= 0.3 is 0 Å². The Hall–Kier alpha value is -6.88. The molecule has 6 rings (SSSR count). The first-order chi connectivity index (χ1) is 23.5. The van der Waals surface area contributed by atoms with Gasteiger partial charge in [-0.15, -0.1) is 0 Å². The van der Waals surface area contributed by atoms with Gasteiger partial charge in [-0.3, -0.25) is 19.2 Å². The molecule has 0 heterocycles. The first-order valence-electron chi connectivity index (χ1n) is 15.1. The number of hydrogen-bond donors (Lipinski definition) is 0. The van der Waals surface area contributed by atoms with Crippen molar-refractivity contribution in [3.05, 3.63) is 167 Å². The van der Waals surface area contributed by atoms with Crippen LogP contribution in [0, 0.1) is 23.7 Å². The van der Waals surface area contributed by atoms with Crippen molar-refractivity contribution >= 4 is 25.1 Å². The molecule has 0 N–H and O–H groups in total. The van der Waals surface area contributed by atoms with Gasteiger partial charge in [0.05, 0.1) is 0 Å². The van der Waals surface area contributed by atoms with E-state index < -0.39 is 0 Å². The fourth-order valence-electron chi connectivity index (χ4n) is 5.29. The normalized spacial score (nSPS) is 10.1. The number of carbonyl (C=O) groups is 4. The minimum Gasteiger partial charge on any atom is -0.298 e. The Balaban J connectivity index is 1.38. The first-order valence-corrected chi connectivity index (χ1v) is 15.1. The Morgan fingerprint density at radius 1 is 0.292 bits per heavy atom. The van der Waals surface area contributed by atoms with Gasteiger partial charge in [0.1, 0.15) is 25.1 Å². The van der Waals surface area contributed by atoms with Crippen LogP contribution < -0.4 is 0 Å². The minimum atomic E-state index is 0.595. The minimum absolute atomic E-state index is 0.595. The third kappa shape index (κ3) is 7.32. The lowest BCUT2D eigenvalue weighted by atomic mass is 9.95. The summed E-state index contributed by atoms with van der Waals surface area (Å²) in [4.78, 5) is 44.8. The van der Waals surface area contributed by atoms with Crippen LogP contribution in [0.25, 0.3) is 44.5 Å². The van der Waals surface area contributed by atoms with Crippen LogP contribution in [0.3, 0.4) is 0 Å². The van der Waals surface area contributed by atoms with E-state index in [1.54, 1.807) is 48.5 Å². The Kier molecular flexibility index (Phi) is 9.39. The molecule has 226 valence electrons.